The molecule has 0 aromatic heterocycles. The van der Waals surface area contributed by atoms with Crippen LogP contribution >= 0.6 is 0 Å². The van der Waals surface area contributed by atoms with E-state index in [0.717, 1.165) is 6.07 Å². The fraction of sp³-hybridized carbons (Fsp3) is 0.300. The first-order valence-electron chi connectivity index (χ1n) is 4.34. The molecule has 1 unspecified atom stereocenters. The highest BCUT2D eigenvalue weighted by Gasteiger charge is 2.16. The molecule has 0 heterocycles. The first-order valence-corrected chi connectivity index (χ1v) is 4.34. The minimum Gasteiger partial charge on any atom is -0.477 e. The van der Waals surface area contributed by atoms with E-state index in [9.17, 15) is 9.18 Å². The summed E-state index contributed by atoms with van der Waals surface area (Å²) in [6.07, 6.45) is -0.820. The number of carbonyl (C=O) groups is 1. The normalized spacial score (nSPS) is 11.9. The molecule has 5 heteroatoms. The summed E-state index contributed by atoms with van der Waals surface area (Å²) in [5.41, 5.74) is 5.81. The van der Waals surface area contributed by atoms with Crippen LogP contribution in [0.2, 0.25) is 0 Å². The summed E-state index contributed by atoms with van der Waals surface area (Å²) in [6.45, 7) is 1.50. The third kappa shape index (κ3) is 2.83. The van der Waals surface area contributed by atoms with E-state index >= 15 is 0 Å². The van der Waals surface area contributed by atoms with E-state index in [4.69, 9.17) is 10.5 Å². The van der Waals surface area contributed by atoms with Crippen molar-refractivity contribution >= 4 is 11.7 Å². The molecule has 1 atom stereocenters. The lowest BCUT2D eigenvalue weighted by molar-refractivity contribution is -0.147. The minimum absolute atomic E-state index is 0.132. The van der Waals surface area contributed by atoms with Gasteiger partial charge in [-0.3, -0.25) is 0 Å². The van der Waals surface area contributed by atoms with Crippen LogP contribution in [0.4, 0.5) is 10.1 Å². The molecule has 0 aliphatic heterocycles. The molecule has 0 bridgehead atoms. The molecule has 4 nitrogen and oxygen atoms in total. The van der Waals surface area contributed by atoms with Crippen molar-refractivity contribution in [1.29, 1.82) is 0 Å². The predicted molar refractivity (Wildman–Crippen MR) is 52.9 cm³/mol. The zero-order valence-corrected chi connectivity index (χ0v) is 8.49. The highest BCUT2D eigenvalue weighted by molar-refractivity contribution is 5.74. The largest absolute Gasteiger partial charge is 0.477 e. The van der Waals surface area contributed by atoms with Crippen molar-refractivity contribution in [3.63, 3.8) is 0 Å². The van der Waals surface area contributed by atoms with Gasteiger partial charge in [-0.25, -0.2) is 9.18 Å². The Hall–Kier alpha value is -1.78. The van der Waals surface area contributed by atoms with E-state index in [1.165, 1.54) is 26.2 Å². The second-order valence-corrected chi connectivity index (χ2v) is 2.97. The van der Waals surface area contributed by atoms with Crippen LogP contribution in [0.5, 0.6) is 5.75 Å². The van der Waals surface area contributed by atoms with Gasteiger partial charge in [-0.2, -0.15) is 0 Å². The van der Waals surface area contributed by atoms with Gasteiger partial charge in [0.05, 0.1) is 12.8 Å². The number of benzene rings is 1. The quantitative estimate of drug-likeness (QED) is 0.608. The summed E-state index contributed by atoms with van der Waals surface area (Å²) in [5, 5.41) is 0. The van der Waals surface area contributed by atoms with E-state index in [1.54, 1.807) is 0 Å². The number of anilines is 1. The minimum atomic E-state index is -0.820. The molecule has 2 N–H and O–H groups in total. The van der Waals surface area contributed by atoms with Crippen LogP contribution in [-0.2, 0) is 9.53 Å². The molecule has 82 valence electrons. The zero-order chi connectivity index (χ0) is 11.4. The first-order chi connectivity index (χ1) is 7.04. The molecular formula is C10H12FNO3. The molecule has 0 aliphatic carbocycles. The number of ether oxygens (including phenoxy) is 2. The van der Waals surface area contributed by atoms with Crippen LogP contribution in [0.25, 0.3) is 0 Å². The van der Waals surface area contributed by atoms with Crippen LogP contribution < -0.4 is 10.5 Å². The molecule has 1 aromatic carbocycles. The first kappa shape index (κ1) is 11.3. The smallest absolute Gasteiger partial charge is 0.346 e. The second kappa shape index (κ2) is 4.63. The zero-order valence-electron chi connectivity index (χ0n) is 8.49. The van der Waals surface area contributed by atoms with Crippen LogP contribution in [0.3, 0.4) is 0 Å². The Balaban J connectivity index is 2.80. The second-order valence-electron chi connectivity index (χ2n) is 2.97. The number of halogens is 1. The number of nitrogens with two attached hydrogens (primary N) is 1. The van der Waals surface area contributed by atoms with Crippen molar-refractivity contribution in [2.75, 3.05) is 12.8 Å². The molecule has 0 radical (unpaired) electrons. The van der Waals surface area contributed by atoms with E-state index in [-0.39, 0.29) is 11.4 Å². The van der Waals surface area contributed by atoms with Gasteiger partial charge in [0.1, 0.15) is 11.6 Å². The Labute approximate surface area is 86.8 Å². The average molecular weight is 213 g/mol. The summed E-state index contributed by atoms with van der Waals surface area (Å²) in [5.74, 6) is -0.886. The van der Waals surface area contributed by atoms with Gasteiger partial charge in [-0.05, 0) is 19.1 Å². The predicted octanol–water partition coefficient (Wildman–Crippen LogP) is 1.35. The fourth-order valence-corrected chi connectivity index (χ4v) is 1.01. The molecular weight excluding hydrogens is 201 g/mol. The van der Waals surface area contributed by atoms with Gasteiger partial charge in [-0.15, -0.1) is 0 Å². The standard InChI is InChI=1S/C10H12FNO3/c1-6(10(13)14-2)15-9-5-7(11)3-4-8(9)12/h3-6H,12H2,1-2H3. The Morgan fingerprint density at radius 1 is 1.53 bits per heavy atom. The Morgan fingerprint density at radius 2 is 2.20 bits per heavy atom. The lowest BCUT2D eigenvalue weighted by Crippen LogP contribution is -2.25. The highest BCUT2D eigenvalue weighted by Crippen LogP contribution is 2.23. The maximum Gasteiger partial charge on any atom is 0.346 e. The number of esters is 1. The molecule has 0 fully saturated rings. The van der Waals surface area contributed by atoms with Crippen LogP contribution in [-0.4, -0.2) is 19.2 Å². The van der Waals surface area contributed by atoms with Crippen molar-refractivity contribution in [2.45, 2.75) is 13.0 Å². The van der Waals surface area contributed by atoms with E-state index in [2.05, 4.69) is 4.74 Å². The molecule has 0 amide bonds. The van der Waals surface area contributed by atoms with Gasteiger partial charge in [0.2, 0.25) is 0 Å². The SMILES string of the molecule is COC(=O)C(C)Oc1cc(F)ccc1N. The Bertz CT molecular complexity index is 368. The maximum atomic E-state index is 12.8. The summed E-state index contributed by atoms with van der Waals surface area (Å²) in [7, 11) is 1.25. The van der Waals surface area contributed by atoms with Gasteiger partial charge in [0, 0.05) is 6.07 Å². The van der Waals surface area contributed by atoms with Crippen molar-refractivity contribution in [3.8, 4) is 5.75 Å². The number of nitrogen functional groups attached to an aromatic ring is 1. The molecule has 0 aliphatic rings. The van der Waals surface area contributed by atoms with E-state index in [0.29, 0.717) is 0 Å². The number of hydrogen-bond donors (Lipinski definition) is 1. The lowest BCUT2D eigenvalue weighted by atomic mass is 10.3. The van der Waals surface area contributed by atoms with E-state index in [1.807, 2.05) is 0 Å². The van der Waals surface area contributed by atoms with Crippen molar-refractivity contribution < 1.29 is 18.7 Å². The Kier molecular flexibility index (Phi) is 3.49. The fourth-order valence-electron chi connectivity index (χ4n) is 1.01. The summed E-state index contributed by atoms with van der Waals surface area (Å²) < 4.78 is 22.4. The highest BCUT2D eigenvalue weighted by atomic mass is 19.1. The number of rotatable bonds is 3. The van der Waals surface area contributed by atoms with Crippen molar-refractivity contribution in [3.05, 3.63) is 24.0 Å². The van der Waals surface area contributed by atoms with Gasteiger partial charge < -0.3 is 15.2 Å². The molecule has 1 rings (SSSR count). The summed E-state index contributed by atoms with van der Waals surface area (Å²) in [4.78, 5) is 11.0. The molecule has 0 saturated heterocycles. The topological polar surface area (TPSA) is 61.5 Å². The molecule has 1 aromatic rings. The van der Waals surface area contributed by atoms with Gasteiger partial charge in [0.25, 0.3) is 0 Å². The van der Waals surface area contributed by atoms with E-state index < -0.39 is 17.9 Å². The molecule has 15 heavy (non-hydrogen) atoms. The van der Waals surface area contributed by atoms with Crippen LogP contribution in [0.1, 0.15) is 6.92 Å². The van der Waals surface area contributed by atoms with Gasteiger partial charge >= 0.3 is 5.97 Å². The third-order valence-electron chi connectivity index (χ3n) is 1.81. The van der Waals surface area contributed by atoms with Crippen LogP contribution in [0.15, 0.2) is 18.2 Å². The van der Waals surface area contributed by atoms with Gasteiger partial charge in [-0.1, -0.05) is 0 Å². The number of methoxy groups -OCH3 is 1. The summed E-state index contributed by atoms with van der Waals surface area (Å²) in [6, 6.07) is 3.70. The number of carbonyl (C=O) groups excluding carboxylic acids is 1. The van der Waals surface area contributed by atoms with Crippen molar-refractivity contribution in [1.82, 2.24) is 0 Å². The molecule has 0 spiro atoms. The monoisotopic (exact) mass is 213 g/mol. The Morgan fingerprint density at radius 3 is 2.80 bits per heavy atom. The lowest BCUT2D eigenvalue weighted by Gasteiger charge is -2.13. The number of hydrogen-bond acceptors (Lipinski definition) is 4. The van der Waals surface area contributed by atoms with Gasteiger partial charge in [0.15, 0.2) is 6.10 Å². The maximum absolute atomic E-state index is 12.8. The van der Waals surface area contributed by atoms with Crippen molar-refractivity contribution in [2.24, 2.45) is 0 Å². The average Bonchev–Trinajstić information content (AvgIpc) is 2.22. The third-order valence-corrected chi connectivity index (χ3v) is 1.81. The van der Waals surface area contributed by atoms with Crippen LogP contribution in [0, 0.1) is 5.82 Å². The molecule has 0 saturated carbocycles. The summed E-state index contributed by atoms with van der Waals surface area (Å²) >= 11 is 0.